The van der Waals surface area contributed by atoms with E-state index in [0.29, 0.717) is 28.9 Å². The molecule has 2 rings (SSSR count). The van der Waals surface area contributed by atoms with Crippen LogP contribution in [-0.4, -0.2) is 32.0 Å². The van der Waals surface area contributed by atoms with Crippen molar-refractivity contribution in [1.82, 2.24) is 0 Å². The van der Waals surface area contributed by atoms with Gasteiger partial charge in [0.2, 0.25) is 5.91 Å². The molecule has 20 heavy (non-hydrogen) atoms. The molecule has 0 bridgehead atoms. The Balaban J connectivity index is 2.49. The van der Waals surface area contributed by atoms with E-state index in [1.807, 2.05) is 0 Å². The summed E-state index contributed by atoms with van der Waals surface area (Å²) in [6.45, 7) is -1.36. The van der Waals surface area contributed by atoms with Crippen LogP contribution in [0.25, 0.3) is 0 Å². The molecule has 0 atom stereocenters. The smallest absolute Gasteiger partial charge is 0.406 e. The third kappa shape index (κ3) is 2.76. The lowest BCUT2D eigenvalue weighted by Crippen LogP contribution is -2.41. The highest BCUT2D eigenvalue weighted by Crippen LogP contribution is 2.35. The first-order chi connectivity index (χ1) is 9.35. The highest BCUT2D eigenvalue weighted by atomic mass is 19.4. The van der Waals surface area contributed by atoms with Crippen LogP contribution in [0, 0.1) is 0 Å². The number of carbonyl (C=O) groups excluding carboxylic acids is 2. The van der Waals surface area contributed by atoms with E-state index in [1.54, 1.807) is 0 Å². The third-order valence-corrected chi connectivity index (χ3v) is 3.10. The second-order valence-corrected chi connectivity index (χ2v) is 4.44. The number of ether oxygens (including phenoxy) is 1. The number of nitrogens with zero attached hydrogens (tertiary/aromatic N) is 1. The van der Waals surface area contributed by atoms with Gasteiger partial charge in [-0.3, -0.25) is 9.59 Å². The highest BCUT2D eigenvalue weighted by molar-refractivity contribution is 5.98. The number of amides is 1. The molecule has 0 unspecified atom stereocenters. The summed E-state index contributed by atoms with van der Waals surface area (Å²) in [4.78, 5) is 23.3. The Bertz CT molecular complexity index is 555. The minimum atomic E-state index is -4.49. The van der Waals surface area contributed by atoms with Crippen molar-refractivity contribution in [1.29, 1.82) is 0 Å². The van der Waals surface area contributed by atoms with Gasteiger partial charge in [0.15, 0.2) is 6.29 Å². The second-order valence-electron chi connectivity index (χ2n) is 4.44. The molecule has 4 nitrogen and oxygen atoms in total. The monoisotopic (exact) mass is 287 g/mol. The molecule has 0 radical (unpaired) electrons. The molecular formula is C13H12F3NO3. The Labute approximate surface area is 113 Å². The number of alkyl halides is 3. The normalized spacial score (nSPS) is 15.0. The molecule has 1 aromatic rings. The van der Waals surface area contributed by atoms with Crippen LogP contribution < -0.4 is 9.64 Å². The number of aldehydes is 1. The average molecular weight is 287 g/mol. The van der Waals surface area contributed by atoms with Crippen molar-refractivity contribution >= 4 is 17.9 Å². The van der Waals surface area contributed by atoms with E-state index in [9.17, 15) is 22.8 Å². The summed E-state index contributed by atoms with van der Waals surface area (Å²) in [5.74, 6) is -0.308. The summed E-state index contributed by atoms with van der Waals surface area (Å²) >= 11 is 0. The van der Waals surface area contributed by atoms with Gasteiger partial charge in [0.1, 0.15) is 12.3 Å². The molecule has 0 fully saturated rings. The van der Waals surface area contributed by atoms with Gasteiger partial charge in [-0.25, -0.2) is 0 Å². The van der Waals surface area contributed by atoms with Crippen LogP contribution in [0.5, 0.6) is 5.75 Å². The number of fused-ring (bicyclic) bond motifs is 1. The Morgan fingerprint density at radius 2 is 2.05 bits per heavy atom. The number of halogens is 3. The van der Waals surface area contributed by atoms with Crippen LogP contribution in [0.15, 0.2) is 12.1 Å². The van der Waals surface area contributed by atoms with Gasteiger partial charge in [-0.05, 0) is 24.1 Å². The van der Waals surface area contributed by atoms with Gasteiger partial charge in [-0.1, -0.05) is 0 Å². The Kier molecular flexibility index (Phi) is 3.69. The SMILES string of the molecule is COc1cc2c(cc1C=O)N(CC(F)(F)F)C(=O)CC2. The molecule has 108 valence electrons. The van der Waals surface area contributed by atoms with Crippen molar-refractivity contribution in [3.8, 4) is 5.75 Å². The maximum atomic E-state index is 12.5. The van der Waals surface area contributed by atoms with Gasteiger partial charge < -0.3 is 9.64 Å². The number of anilines is 1. The number of carbonyl (C=O) groups is 2. The van der Waals surface area contributed by atoms with Gasteiger partial charge in [-0.15, -0.1) is 0 Å². The van der Waals surface area contributed by atoms with E-state index in [4.69, 9.17) is 4.74 Å². The zero-order valence-electron chi connectivity index (χ0n) is 10.7. The molecule has 1 amide bonds. The van der Waals surface area contributed by atoms with Crippen molar-refractivity contribution < 1.29 is 27.5 Å². The topological polar surface area (TPSA) is 46.6 Å². The number of hydrogen-bond acceptors (Lipinski definition) is 3. The summed E-state index contributed by atoms with van der Waals surface area (Å²) in [7, 11) is 1.37. The van der Waals surface area contributed by atoms with Crippen LogP contribution in [0.2, 0.25) is 0 Å². The van der Waals surface area contributed by atoms with E-state index in [2.05, 4.69) is 0 Å². The minimum Gasteiger partial charge on any atom is -0.496 e. The van der Waals surface area contributed by atoms with Gasteiger partial charge in [0, 0.05) is 12.1 Å². The quantitative estimate of drug-likeness (QED) is 0.802. The summed E-state index contributed by atoms with van der Waals surface area (Å²) < 4.78 is 42.7. The van der Waals surface area contributed by atoms with E-state index < -0.39 is 18.6 Å². The zero-order chi connectivity index (χ0) is 14.9. The standard InChI is InChI=1S/C13H12F3NO3/c1-20-11-5-8-2-3-12(19)17(7-13(14,15)16)10(8)4-9(11)6-18/h4-6H,2-3,7H2,1H3. The molecule has 1 heterocycles. The molecule has 0 saturated heterocycles. The summed E-state index contributed by atoms with van der Waals surface area (Å²) in [6.07, 6.45) is -3.67. The highest BCUT2D eigenvalue weighted by Gasteiger charge is 2.36. The summed E-state index contributed by atoms with van der Waals surface area (Å²) in [6, 6.07) is 2.78. The Hall–Kier alpha value is -2.05. The summed E-state index contributed by atoms with van der Waals surface area (Å²) in [5.41, 5.74) is 0.811. The molecule has 1 aromatic carbocycles. The molecule has 0 saturated carbocycles. The fraction of sp³-hybridized carbons (Fsp3) is 0.385. The molecule has 0 aromatic heterocycles. The fourth-order valence-electron chi connectivity index (χ4n) is 2.21. The number of rotatable bonds is 3. The maximum absolute atomic E-state index is 12.5. The lowest BCUT2D eigenvalue weighted by molar-refractivity contribution is -0.132. The molecule has 1 aliphatic rings. The van der Waals surface area contributed by atoms with Gasteiger partial charge in [-0.2, -0.15) is 13.2 Å². The predicted molar refractivity (Wildman–Crippen MR) is 65.1 cm³/mol. The van der Waals surface area contributed by atoms with E-state index in [1.165, 1.54) is 19.2 Å². The molecule has 0 spiro atoms. The maximum Gasteiger partial charge on any atom is 0.406 e. The van der Waals surface area contributed by atoms with E-state index >= 15 is 0 Å². The van der Waals surface area contributed by atoms with Crippen molar-refractivity contribution in [3.63, 3.8) is 0 Å². The van der Waals surface area contributed by atoms with E-state index in [0.717, 1.165) is 0 Å². The van der Waals surface area contributed by atoms with Gasteiger partial charge in [0.25, 0.3) is 0 Å². The van der Waals surface area contributed by atoms with Crippen molar-refractivity contribution in [2.45, 2.75) is 19.0 Å². The fourth-order valence-corrected chi connectivity index (χ4v) is 2.21. The van der Waals surface area contributed by atoms with Crippen LogP contribution in [0.4, 0.5) is 18.9 Å². The van der Waals surface area contributed by atoms with Gasteiger partial charge >= 0.3 is 6.18 Å². The molecule has 0 aliphatic carbocycles. The van der Waals surface area contributed by atoms with Crippen molar-refractivity contribution in [2.24, 2.45) is 0 Å². The largest absolute Gasteiger partial charge is 0.496 e. The van der Waals surface area contributed by atoms with Gasteiger partial charge in [0.05, 0.1) is 12.7 Å². The van der Waals surface area contributed by atoms with Crippen molar-refractivity contribution in [2.75, 3.05) is 18.6 Å². The Morgan fingerprint density at radius 1 is 1.35 bits per heavy atom. The van der Waals surface area contributed by atoms with E-state index in [-0.39, 0.29) is 17.7 Å². The lowest BCUT2D eigenvalue weighted by atomic mass is 9.98. The number of aryl methyl sites for hydroxylation is 1. The Morgan fingerprint density at radius 3 is 2.60 bits per heavy atom. The lowest BCUT2D eigenvalue weighted by Gasteiger charge is -2.30. The van der Waals surface area contributed by atoms with Crippen molar-refractivity contribution in [3.05, 3.63) is 23.3 Å². The van der Waals surface area contributed by atoms with Crippen LogP contribution in [-0.2, 0) is 11.2 Å². The summed E-state index contributed by atoms with van der Waals surface area (Å²) in [5, 5.41) is 0. The van der Waals surface area contributed by atoms with Crippen LogP contribution >= 0.6 is 0 Å². The first kappa shape index (κ1) is 14.4. The first-order valence-corrected chi connectivity index (χ1v) is 5.89. The number of benzene rings is 1. The number of hydrogen-bond donors (Lipinski definition) is 0. The van der Waals surface area contributed by atoms with Crippen LogP contribution in [0.3, 0.4) is 0 Å². The third-order valence-electron chi connectivity index (χ3n) is 3.10. The molecule has 0 N–H and O–H groups in total. The molecular weight excluding hydrogens is 275 g/mol. The zero-order valence-corrected chi connectivity index (χ0v) is 10.7. The average Bonchev–Trinajstić information content (AvgIpc) is 2.39. The van der Waals surface area contributed by atoms with Crippen LogP contribution in [0.1, 0.15) is 22.3 Å². The predicted octanol–water partition coefficient (Wildman–Crippen LogP) is 2.35. The molecule has 1 aliphatic heterocycles. The second kappa shape index (κ2) is 5.15. The first-order valence-electron chi connectivity index (χ1n) is 5.89. The molecule has 7 heteroatoms. The number of methoxy groups -OCH3 is 1. The minimum absolute atomic E-state index is 0.00662.